The molecular weight excluding hydrogens is 248 g/mol. The van der Waals surface area contributed by atoms with E-state index in [1.54, 1.807) is 0 Å². The van der Waals surface area contributed by atoms with Crippen molar-refractivity contribution in [2.24, 2.45) is 0 Å². The number of nitrogens with zero attached hydrogens (tertiary/aromatic N) is 3. The van der Waals surface area contributed by atoms with Crippen molar-refractivity contribution < 1.29 is 0 Å². The molecule has 3 rings (SSSR count). The van der Waals surface area contributed by atoms with E-state index >= 15 is 0 Å². The third kappa shape index (κ3) is 2.46. The highest BCUT2D eigenvalue weighted by atomic mass is 15.2. The molecule has 1 aliphatic rings. The SMILES string of the molecule is CNc1cccc(N(C)c2ccc(C3CCC3)nn2)c1. The first kappa shape index (κ1) is 12.9. The molecule has 0 bridgehead atoms. The lowest BCUT2D eigenvalue weighted by Gasteiger charge is -2.25. The van der Waals surface area contributed by atoms with Crippen LogP contribution in [0.1, 0.15) is 30.9 Å². The van der Waals surface area contributed by atoms with E-state index in [1.807, 2.05) is 26.2 Å². The molecule has 4 heteroatoms. The number of anilines is 3. The molecule has 20 heavy (non-hydrogen) atoms. The fourth-order valence-electron chi connectivity index (χ4n) is 2.44. The van der Waals surface area contributed by atoms with Gasteiger partial charge in [-0.25, -0.2) is 0 Å². The minimum Gasteiger partial charge on any atom is -0.388 e. The molecule has 0 unspecified atom stereocenters. The second-order valence-corrected chi connectivity index (χ2v) is 5.30. The van der Waals surface area contributed by atoms with E-state index in [9.17, 15) is 0 Å². The zero-order valence-electron chi connectivity index (χ0n) is 12.0. The van der Waals surface area contributed by atoms with Crippen molar-refractivity contribution >= 4 is 17.2 Å². The molecule has 0 amide bonds. The molecule has 1 aromatic carbocycles. The van der Waals surface area contributed by atoms with Gasteiger partial charge in [-0.1, -0.05) is 12.5 Å². The van der Waals surface area contributed by atoms with Crippen molar-refractivity contribution in [1.29, 1.82) is 0 Å². The van der Waals surface area contributed by atoms with Crippen LogP contribution in [0, 0.1) is 0 Å². The first-order valence-corrected chi connectivity index (χ1v) is 7.13. The number of nitrogens with one attached hydrogen (secondary N) is 1. The van der Waals surface area contributed by atoms with Gasteiger partial charge in [0.25, 0.3) is 0 Å². The summed E-state index contributed by atoms with van der Waals surface area (Å²) in [6.45, 7) is 0. The smallest absolute Gasteiger partial charge is 0.155 e. The van der Waals surface area contributed by atoms with E-state index in [-0.39, 0.29) is 0 Å². The van der Waals surface area contributed by atoms with Crippen LogP contribution in [0.3, 0.4) is 0 Å². The van der Waals surface area contributed by atoms with Gasteiger partial charge >= 0.3 is 0 Å². The standard InChI is InChI=1S/C16H20N4/c1-17-13-7-4-8-14(11-13)20(2)16-10-9-15(18-19-16)12-5-3-6-12/h4,7-12,17H,3,5-6H2,1-2H3. The number of aromatic nitrogens is 2. The van der Waals surface area contributed by atoms with E-state index in [0.29, 0.717) is 5.92 Å². The zero-order chi connectivity index (χ0) is 13.9. The molecule has 2 aromatic rings. The van der Waals surface area contributed by atoms with Gasteiger partial charge in [-0.15, -0.1) is 5.10 Å². The van der Waals surface area contributed by atoms with Crippen molar-refractivity contribution in [3.63, 3.8) is 0 Å². The maximum absolute atomic E-state index is 4.38. The Morgan fingerprint density at radius 3 is 2.60 bits per heavy atom. The molecular formula is C16H20N4. The van der Waals surface area contributed by atoms with E-state index in [4.69, 9.17) is 0 Å². The highest BCUT2D eigenvalue weighted by molar-refractivity contribution is 5.64. The minimum atomic E-state index is 0.634. The molecule has 0 atom stereocenters. The molecule has 4 nitrogen and oxygen atoms in total. The van der Waals surface area contributed by atoms with Crippen molar-refractivity contribution in [3.8, 4) is 0 Å². The van der Waals surface area contributed by atoms with E-state index < -0.39 is 0 Å². The van der Waals surface area contributed by atoms with Gasteiger partial charge in [-0.2, -0.15) is 5.10 Å². The summed E-state index contributed by atoms with van der Waals surface area (Å²) < 4.78 is 0. The maximum Gasteiger partial charge on any atom is 0.155 e. The summed E-state index contributed by atoms with van der Waals surface area (Å²) >= 11 is 0. The molecule has 104 valence electrons. The topological polar surface area (TPSA) is 41.0 Å². The van der Waals surface area contributed by atoms with Crippen molar-refractivity contribution in [3.05, 3.63) is 42.1 Å². The summed E-state index contributed by atoms with van der Waals surface area (Å²) in [5.74, 6) is 1.51. The Labute approximate surface area is 119 Å². The lowest BCUT2D eigenvalue weighted by molar-refractivity contribution is 0.408. The van der Waals surface area contributed by atoms with E-state index in [1.165, 1.54) is 19.3 Å². The normalized spacial score (nSPS) is 14.7. The van der Waals surface area contributed by atoms with Crippen LogP contribution in [0.15, 0.2) is 36.4 Å². The van der Waals surface area contributed by atoms with Gasteiger partial charge in [0.15, 0.2) is 5.82 Å². The lowest BCUT2D eigenvalue weighted by atomic mass is 9.83. The summed E-state index contributed by atoms with van der Waals surface area (Å²) in [6.07, 6.45) is 3.84. The molecule has 1 aliphatic carbocycles. The zero-order valence-corrected chi connectivity index (χ0v) is 12.0. The largest absolute Gasteiger partial charge is 0.388 e. The van der Waals surface area contributed by atoms with Gasteiger partial charge in [-0.3, -0.25) is 0 Å². The number of rotatable bonds is 4. The summed E-state index contributed by atoms with van der Waals surface area (Å²) in [7, 11) is 3.94. The van der Waals surface area contributed by atoms with Crippen LogP contribution in [-0.4, -0.2) is 24.3 Å². The minimum absolute atomic E-state index is 0.634. The second-order valence-electron chi connectivity index (χ2n) is 5.30. The summed E-state index contributed by atoms with van der Waals surface area (Å²) in [5.41, 5.74) is 3.33. The molecule has 1 aromatic heterocycles. The van der Waals surface area contributed by atoms with Gasteiger partial charge in [0, 0.05) is 31.4 Å². The van der Waals surface area contributed by atoms with Crippen LogP contribution in [-0.2, 0) is 0 Å². The van der Waals surface area contributed by atoms with Gasteiger partial charge in [-0.05, 0) is 43.2 Å². The molecule has 0 spiro atoms. The average Bonchev–Trinajstić information content (AvgIpc) is 2.45. The van der Waals surface area contributed by atoms with Crippen molar-refractivity contribution in [1.82, 2.24) is 10.2 Å². The molecule has 0 saturated heterocycles. The molecule has 0 aliphatic heterocycles. The monoisotopic (exact) mass is 268 g/mol. The highest BCUT2D eigenvalue weighted by Gasteiger charge is 2.21. The fraction of sp³-hybridized carbons (Fsp3) is 0.375. The molecule has 1 saturated carbocycles. The Morgan fingerprint density at radius 1 is 1.15 bits per heavy atom. The Kier molecular flexibility index (Phi) is 3.54. The predicted molar refractivity (Wildman–Crippen MR) is 82.7 cm³/mol. The Balaban J connectivity index is 1.80. The summed E-state index contributed by atoms with van der Waals surface area (Å²) in [4.78, 5) is 2.05. The molecule has 1 N–H and O–H groups in total. The van der Waals surface area contributed by atoms with Crippen LogP contribution in [0.2, 0.25) is 0 Å². The van der Waals surface area contributed by atoms with Crippen molar-refractivity contribution in [2.45, 2.75) is 25.2 Å². The number of benzene rings is 1. The second kappa shape index (κ2) is 5.49. The van der Waals surface area contributed by atoms with Crippen LogP contribution >= 0.6 is 0 Å². The predicted octanol–water partition coefficient (Wildman–Crippen LogP) is 3.55. The summed E-state index contributed by atoms with van der Waals surface area (Å²) in [6, 6.07) is 12.4. The average molecular weight is 268 g/mol. The lowest BCUT2D eigenvalue weighted by Crippen LogP contribution is -2.15. The Hall–Kier alpha value is -2.10. The third-order valence-corrected chi connectivity index (χ3v) is 4.06. The third-order valence-electron chi connectivity index (χ3n) is 4.06. The van der Waals surface area contributed by atoms with Crippen LogP contribution in [0.4, 0.5) is 17.2 Å². The number of hydrogen-bond acceptors (Lipinski definition) is 4. The fourth-order valence-corrected chi connectivity index (χ4v) is 2.44. The van der Waals surface area contributed by atoms with Gasteiger partial charge in [0.05, 0.1) is 5.69 Å². The highest BCUT2D eigenvalue weighted by Crippen LogP contribution is 2.35. The van der Waals surface area contributed by atoms with Crippen LogP contribution < -0.4 is 10.2 Å². The van der Waals surface area contributed by atoms with Gasteiger partial charge in [0.2, 0.25) is 0 Å². The van der Waals surface area contributed by atoms with Gasteiger partial charge < -0.3 is 10.2 Å². The van der Waals surface area contributed by atoms with E-state index in [0.717, 1.165) is 22.9 Å². The quantitative estimate of drug-likeness (QED) is 0.920. The first-order valence-electron chi connectivity index (χ1n) is 7.13. The maximum atomic E-state index is 4.38. The molecule has 0 radical (unpaired) electrons. The Morgan fingerprint density at radius 2 is 2.00 bits per heavy atom. The Bertz CT molecular complexity index is 575. The molecule has 1 heterocycles. The number of hydrogen-bond donors (Lipinski definition) is 1. The summed E-state index contributed by atoms with van der Waals surface area (Å²) in [5, 5.41) is 11.9. The van der Waals surface area contributed by atoms with Crippen molar-refractivity contribution in [2.75, 3.05) is 24.3 Å². The van der Waals surface area contributed by atoms with Crippen LogP contribution in [0.5, 0.6) is 0 Å². The van der Waals surface area contributed by atoms with E-state index in [2.05, 4.69) is 44.7 Å². The van der Waals surface area contributed by atoms with Crippen LogP contribution in [0.25, 0.3) is 0 Å². The first-order chi connectivity index (χ1) is 9.78. The molecule has 1 fully saturated rings. The van der Waals surface area contributed by atoms with Gasteiger partial charge in [0.1, 0.15) is 0 Å².